The molecule has 0 atom stereocenters. The van der Waals surface area contributed by atoms with E-state index in [2.05, 4.69) is 19.9 Å². The summed E-state index contributed by atoms with van der Waals surface area (Å²) in [6.07, 6.45) is 3.78. The fraction of sp³-hybridized carbons (Fsp3) is 0.364. The fourth-order valence-corrected chi connectivity index (χ4v) is 2.22. The molecule has 0 radical (unpaired) electrons. The zero-order valence-electron chi connectivity index (χ0n) is 9.18. The van der Waals surface area contributed by atoms with Crippen molar-refractivity contribution in [3.8, 4) is 0 Å². The lowest BCUT2D eigenvalue weighted by atomic mass is 10.3. The Morgan fingerprint density at radius 3 is 2.82 bits per heavy atom. The van der Waals surface area contributed by atoms with Crippen LogP contribution >= 0.6 is 0 Å². The third-order valence-electron chi connectivity index (χ3n) is 3.04. The Morgan fingerprint density at radius 1 is 1.35 bits per heavy atom. The molecule has 3 heterocycles. The Balaban J connectivity index is 2.14. The summed E-state index contributed by atoms with van der Waals surface area (Å²) < 4.78 is 0. The molecular weight excluding hydrogens is 220 g/mol. The Hall–Kier alpha value is -2.11. The second kappa shape index (κ2) is 3.73. The minimum absolute atomic E-state index is 0.154. The Bertz CT molecular complexity index is 572. The van der Waals surface area contributed by atoms with Gasteiger partial charge in [-0.2, -0.15) is 0 Å². The highest BCUT2D eigenvalue weighted by molar-refractivity contribution is 5.96. The molecule has 1 aliphatic heterocycles. The monoisotopic (exact) mass is 232 g/mol. The van der Waals surface area contributed by atoms with Crippen LogP contribution in [0.2, 0.25) is 0 Å². The van der Waals surface area contributed by atoms with Gasteiger partial charge in [0.2, 0.25) is 0 Å². The molecule has 1 fully saturated rings. The number of carboxylic acids is 1. The second-order valence-electron chi connectivity index (χ2n) is 4.14. The number of nitrogens with one attached hydrogen (secondary N) is 1. The predicted octanol–water partition coefficient (Wildman–Crippen LogP) is 1.26. The van der Waals surface area contributed by atoms with Gasteiger partial charge in [0.15, 0.2) is 0 Å². The maximum absolute atomic E-state index is 10.9. The van der Waals surface area contributed by atoms with Gasteiger partial charge in [0.05, 0.1) is 5.39 Å². The first-order valence-corrected chi connectivity index (χ1v) is 5.57. The largest absolute Gasteiger partial charge is 0.477 e. The third-order valence-corrected chi connectivity index (χ3v) is 3.04. The topological polar surface area (TPSA) is 82.1 Å². The van der Waals surface area contributed by atoms with E-state index < -0.39 is 5.97 Å². The molecule has 0 saturated carbocycles. The van der Waals surface area contributed by atoms with E-state index in [0.29, 0.717) is 5.65 Å². The van der Waals surface area contributed by atoms with Crippen LogP contribution in [0.4, 0.5) is 5.82 Å². The zero-order chi connectivity index (χ0) is 11.8. The van der Waals surface area contributed by atoms with Crippen molar-refractivity contribution < 1.29 is 9.90 Å². The van der Waals surface area contributed by atoms with Crippen molar-refractivity contribution in [3.63, 3.8) is 0 Å². The zero-order valence-corrected chi connectivity index (χ0v) is 9.18. The number of H-pyrrole nitrogens is 1. The quantitative estimate of drug-likeness (QED) is 0.814. The minimum Gasteiger partial charge on any atom is -0.477 e. The van der Waals surface area contributed by atoms with E-state index in [1.54, 1.807) is 6.07 Å². The fourth-order valence-electron chi connectivity index (χ4n) is 2.22. The van der Waals surface area contributed by atoms with Gasteiger partial charge in [-0.05, 0) is 18.9 Å². The number of fused-ring (bicyclic) bond motifs is 1. The second-order valence-corrected chi connectivity index (χ2v) is 4.14. The molecule has 0 aliphatic carbocycles. The summed E-state index contributed by atoms with van der Waals surface area (Å²) in [4.78, 5) is 24.2. The molecule has 0 unspecified atom stereocenters. The minimum atomic E-state index is -0.977. The van der Waals surface area contributed by atoms with Crippen LogP contribution in [0.5, 0.6) is 0 Å². The Kier molecular flexibility index (Phi) is 2.21. The SMILES string of the molecule is O=C(O)c1cc2c(N3CCCC3)ncnc2[nH]1. The van der Waals surface area contributed by atoms with Gasteiger partial charge in [0, 0.05) is 13.1 Å². The van der Waals surface area contributed by atoms with Gasteiger partial charge in [-0.3, -0.25) is 0 Å². The van der Waals surface area contributed by atoms with E-state index in [0.717, 1.165) is 37.1 Å². The molecule has 0 amide bonds. The Labute approximate surface area is 97.3 Å². The van der Waals surface area contributed by atoms with Crippen LogP contribution in [-0.4, -0.2) is 39.1 Å². The van der Waals surface area contributed by atoms with E-state index in [-0.39, 0.29) is 5.69 Å². The van der Waals surface area contributed by atoms with Crippen LogP contribution in [-0.2, 0) is 0 Å². The lowest BCUT2D eigenvalue weighted by Gasteiger charge is -2.16. The number of rotatable bonds is 2. The van der Waals surface area contributed by atoms with E-state index in [1.165, 1.54) is 6.33 Å². The maximum Gasteiger partial charge on any atom is 0.352 e. The van der Waals surface area contributed by atoms with Crippen LogP contribution in [0.25, 0.3) is 11.0 Å². The van der Waals surface area contributed by atoms with Crippen LogP contribution in [0.3, 0.4) is 0 Å². The van der Waals surface area contributed by atoms with Gasteiger partial charge in [-0.1, -0.05) is 0 Å². The van der Waals surface area contributed by atoms with Crippen LogP contribution in [0.1, 0.15) is 23.3 Å². The molecule has 2 aromatic rings. The summed E-state index contributed by atoms with van der Waals surface area (Å²) >= 11 is 0. The van der Waals surface area contributed by atoms with Crippen molar-refractivity contribution in [2.75, 3.05) is 18.0 Å². The molecule has 1 aliphatic rings. The molecular formula is C11H12N4O2. The molecule has 0 spiro atoms. The number of hydrogen-bond acceptors (Lipinski definition) is 4. The van der Waals surface area contributed by atoms with Gasteiger partial charge in [0.25, 0.3) is 0 Å². The molecule has 3 rings (SSSR count). The summed E-state index contributed by atoms with van der Waals surface area (Å²) in [5, 5.41) is 9.73. The van der Waals surface area contributed by atoms with Gasteiger partial charge in [-0.25, -0.2) is 14.8 Å². The average molecular weight is 232 g/mol. The highest BCUT2D eigenvalue weighted by Gasteiger charge is 2.19. The molecule has 0 aromatic carbocycles. The molecule has 6 heteroatoms. The summed E-state index contributed by atoms with van der Waals surface area (Å²) in [6.45, 7) is 1.94. The number of carboxylic acid groups (broad SMARTS) is 1. The normalized spacial score (nSPS) is 15.6. The number of nitrogens with zero attached hydrogens (tertiary/aromatic N) is 3. The number of aromatic amines is 1. The van der Waals surface area contributed by atoms with Gasteiger partial charge < -0.3 is 15.0 Å². The van der Waals surface area contributed by atoms with E-state index in [9.17, 15) is 4.79 Å². The molecule has 6 nitrogen and oxygen atoms in total. The maximum atomic E-state index is 10.9. The van der Waals surface area contributed by atoms with Crippen molar-refractivity contribution in [3.05, 3.63) is 18.1 Å². The summed E-state index contributed by atoms with van der Waals surface area (Å²) in [7, 11) is 0. The van der Waals surface area contributed by atoms with E-state index >= 15 is 0 Å². The summed E-state index contributed by atoms with van der Waals surface area (Å²) in [5.41, 5.74) is 0.736. The smallest absolute Gasteiger partial charge is 0.352 e. The molecule has 88 valence electrons. The van der Waals surface area contributed by atoms with Crippen molar-refractivity contribution in [1.82, 2.24) is 15.0 Å². The van der Waals surface area contributed by atoms with Crippen LogP contribution in [0.15, 0.2) is 12.4 Å². The molecule has 17 heavy (non-hydrogen) atoms. The van der Waals surface area contributed by atoms with Gasteiger partial charge >= 0.3 is 5.97 Å². The molecule has 1 saturated heterocycles. The van der Waals surface area contributed by atoms with E-state index in [4.69, 9.17) is 5.11 Å². The number of anilines is 1. The third kappa shape index (κ3) is 1.61. The number of aromatic carboxylic acids is 1. The average Bonchev–Trinajstić information content (AvgIpc) is 2.97. The first kappa shape index (κ1) is 10.1. The van der Waals surface area contributed by atoms with Crippen molar-refractivity contribution in [1.29, 1.82) is 0 Å². The number of aromatic nitrogens is 3. The summed E-state index contributed by atoms with van der Waals surface area (Å²) in [5.74, 6) is -0.147. The molecule has 2 N–H and O–H groups in total. The highest BCUT2D eigenvalue weighted by atomic mass is 16.4. The lowest BCUT2D eigenvalue weighted by molar-refractivity contribution is 0.0691. The first-order chi connectivity index (χ1) is 8.25. The van der Waals surface area contributed by atoms with Crippen molar-refractivity contribution >= 4 is 22.8 Å². The van der Waals surface area contributed by atoms with Gasteiger partial charge in [0.1, 0.15) is 23.5 Å². The van der Waals surface area contributed by atoms with Gasteiger partial charge in [-0.15, -0.1) is 0 Å². The van der Waals surface area contributed by atoms with Crippen LogP contribution in [0, 0.1) is 0 Å². The van der Waals surface area contributed by atoms with Crippen molar-refractivity contribution in [2.45, 2.75) is 12.8 Å². The standard InChI is InChI=1S/C11H12N4O2/c16-11(17)8-5-7-9(14-8)12-6-13-10(7)15-3-1-2-4-15/h5-6H,1-4H2,(H,16,17)(H,12,13,14). The lowest BCUT2D eigenvalue weighted by Crippen LogP contribution is -2.19. The Morgan fingerprint density at radius 2 is 2.12 bits per heavy atom. The first-order valence-electron chi connectivity index (χ1n) is 5.57. The predicted molar refractivity (Wildman–Crippen MR) is 62.3 cm³/mol. The van der Waals surface area contributed by atoms with E-state index in [1.807, 2.05) is 0 Å². The molecule has 2 aromatic heterocycles. The van der Waals surface area contributed by atoms with Crippen molar-refractivity contribution in [2.24, 2.45) is 0 Å². The highest BCUT2D eigenvalue weighted by Crippen LogP contribution is 2.26. The number of carbonyl (C=O) groups is 1. The van der Waals surface area contributed by atoms with Crippen LogP contribution < -0.4 is 4.90 Å². The summed E-state index contributed by atoms with van der Waals surface area (Å²) in [6, 6.07) is 1.60. The number of hydrogen-bond donors (Lipinski definition) is 2. The molecule has 0 bridgehead atoms.